The van der Waals surface area contributed by atoms with E-state index < -0.39 is 0 Å². The molecule has 0 saturated heterocycles. The van der Waals surface area contributed by atoms with Crippen LogP contribution < -0.4 is 5.73 Å². The fourth-order valence-electron chi connectivity index (χ4n) is 0.840. The first-order valence-electron chi connectivity index (χ1n) is 4.05. The van der Waals surface area contributed by atoms with Gasteiger partial charge in [-0.3, -0.25) is 4.90 Å². The highest BCUT2D eigenvalue weighted by Gasteiger charge is 2.09. The third kappa shape index (κ3) is 4.35. The Labute approximate surface area is 69.5 Å². The third-order valence-electron chi connectivity index (χ3n) is 2.04. The van der Waals surface area contributed by atoms with Crippen molar-refractivity contribution in [1.82, 2.24) is 4.90 Å². The van der Waals surface area contributed by atoms with Crippen LogP contribution in [0.2, 0.25) is 0 Å². The van der Waals surface area contributed by atoms with Gasteiger partial charge in [0.2, 0.25) is 0 Å². The van der Waals surface area contributed by atoms with E-state index in [1.165, 1.54) is 0 Å². The first-order chi connectivity index (χ1) is 5.11. The third-order valence-corrected chi connectivity index (χ3v) is 2.04. The maximum absolute atomic E-state index is 5.51. The molecule has 0 saturated carbocycles. The maximum atomic E-state index is 5.51. The molecule has 0 radical (unpaired) electrons. The van der Waals surface area contributed by atoms with Crippen LogP contribution in [0.5, 0.6) is 0 Å². The van der Waals surface area contributed by atoms with Crippen LogP contribution in [-0.4, -0.2) is 44.3 Å². The predicted molar refractivity (Wildman–Crippen MR) is 47.6 cm³/mol. The second kappa shape index (κ2) is 5.52. The highest BCUT2D eigenvalue weighted by Crippen LogP contribution is 1.97. The first kappa shape index (κ1) is 10.9. The van der Waals surface area contributed by atoms with Gasteiger partial charge in [0.25, 0.3) is 0 Å². The van der Waals surface area contributed by atoms with E-state index in [1.54, 1.807) is 7.11 Å². The molecule has 0 aromatic rings. The Morgan fingerprint density at radius 3 is 2.36 bits per heavy atom. The average Bonchev–Trinajstić information content (AvgIpc) is 2.02. The Balaban J connectivity index is 3.58. The minimum atomic E-state index is 0.286. The van der Waals surface area contributed by atoms with E-state index >= 15 is 0 Å². The molecule has 0 aliphatic carbocycles. The van der Waals surface area contributed by atoms with Gasteiger partial charge in [0.1, 0.15) is 0 Å². The van der Waals surface area contributed by atoms with E-state index in [0.717, 1.165) is 6.54 Å². The summed E-state index contributed by atoms with van der Waals surface area (Å²) in [6.45, 7) is 5.81. The van der Waals surface area contributed by atoms with Crippen molar-refractivity contribution in [2.75, 3.05) is 27.2 Å². The normalized spacial score (nSPS) is 16.9. The molecule has 3 heteroatoms. The van der Waals surface area contributed by atoms with Crippen molar-refractivity contribution < 1.29 is 4.74 Å². The second-order valence-electron chi connectivity index (χ2n) is 3.07. The molecule has 2 unspecified atom stereocenters. The van der Waals surface area contributed by atoms with Crippen LogP contribution in [0, 0.1) is 0 Å². The number of nitrogens with zero attached hydrogens (tertiary/aromatic N) is 1. The Hall–Kier alpha value is -0.120. The maximum Gasteiger partial charge on any atom is 0.0670 e. The summed E-state index contributed by atoms with van der Waals surface area (Å²) in [7, 11) is 3.79. The molecule has 0 amide bonds. The van der Waals surface area contributed by atoms with Crippen molar-refractivity contribution in [3.8, 4) is 0 Å². The van der Waals surface area contributed by atoms with Crippen molar-refractivity contribution in [2.45, 2.75) is 26.0 Å². The van der Waals surface area contributed by atoms with Crippen molar-refractivity contribution in [2.24, 2.45) is 5.73 Å². The van der Waals surface area contributed by atoms with Crippen molar-refractivity contribution in [1.29, 1.82) is 0 Å². The Bertz CT molecular complexity index is 98.1. The fourth-order valence-corrected chi connectivity index (χ4v) is 0.840. The van der Waals surface area contributed by atoms with Crippen LogP contribution in [0.25, 0.3) is 0 Å². The van der Waals surface area contributed by atoms with Crippen molar-refractivity contribution in [3.05, 3.63) is 0 Å². The van der Waals surface area contributed by atoms with Gasteiger partial charge in [0.15, 0.2) is 0 Å². The van der Waals surface area contributed by atoms with E-state index in [2.05, 4.69) is 25.8 Å². The summed E-state index contributed by atoms with van der Waals surface area (Å²) >= 11 is 0. The Kier molecular flexibility index (Phi) is 5.46. The van der Waals surface area contributed by atoms with Gasteiger partial charge >= 0.3 is 0 Å². The molecule has 0 aromatic carbocycles. The molecule has 0 heterocycles. The van der Waals surface area contributed by atoms with Crippen LogP contribution in [0.4, 0.5) is 0 Å². The van der Waals surface area contributed by atoms with Crippen molar-refractivity contribution in [3.63, 3.8) is 0 Å². The monoisotopic (exact) mass is 160 g/mol. The van der Waals surface area contributed by atoms with Gasteiger partial charge in [-0.1, -0.05) is 0 Å². The predicted octanol–water partition coefficient (Wildman–Crippen LogP) is 0.300. The average molecular weight is 160 g/mol. The zero-order valence-electron chi connectivity index (χ0n) is 8.00. The van der Waals surface area contributed by atoms with E-state index in [1.807, 2.05) is 0 Å². The van der Waals surface area contributed by atoms with E-state index in [-0.39, 0.29) is 6.10 Å². The van der Waals surface area contributed by atoms with Gasteiger partial charge in [0.05, 0.1) is 6.10 Å². The molecule has 0 bridgehead atoms. The Morgan fingerprint density at radius 2 is 2.00 bits per heavy atom. The number of likely N-dealkylation sites (N-methyl/N-ethyl adjacent to an activating group) is 1. The summed E-state index contributed by atoms with van der Waals surface area (Å²) in [6.07, 6.45) is 0.286. The number of ether oxygens (including phenoxy) is 1. The first-order valence-corrected chi connectivity index (χ1v) is 4.05. The quantitative estimate of drug-likeness (QED) is 0.628. The van der Waals surface area contributed by atoms with E-state index in [4.69, 9.17) is 10.5 Å². The second-order valence-corrected chi connectivity index (χ2v) is 3.07. The lowest BCUT2D eigenvalue weighted by Gasteiger charge is -2.25. The summed E-state index contributed by atoms with van der Waals surface area (Å²) in [4.78, 5) is 2.20. The summed E-state index contributed by atoms with van der Waals surface area (Å²) in [5, 5.41) is 0. The van der Waals surface area contributed by atoms with Crippen molar-refractivity contribution >= 4 is 0 Å². The largest absolute Gasteiger partial charge is 0.380 e. The smallest absolute Gasteiger partial charge is 0.0670 e. The van der Waals surface area contributed by atoms with Gasteiger partial charge in [-0.15, -0.1) is 0 Å². The lowest BCUT2D eigenvalue weighted by atomic mass is 10.2. The van der Waals surface area contributed by atoms with Crippen LogP contribution in [0.15, 0.2) is 0 Å². The van der Waals surface area contributed by atoms with E-state index in [9.17, 15) is 0 Å². The standard InChI is InChI=1S/C8H20N2O/c1-7(5-9)10(3)6-8(2)11-4/h7-8H,5-6,9H2,1-4H3. The van der Waals surface area contributed by atoms with E-state index in [0.29, 0.717) is 12.6 Å². The zero-order valence-corrected chi connectivity index (χ0v) is 8.00. The fraction of sp³-hybridized carbons (Fsp3) is 1.00. The summed E-state index contributed by atoms with van der Waals surface area (Å²) in [5.41, 5.74) is 5.51. The summed E-state index contributed by atoms with van der Waals surface area (Å²) in [5.74, 6) is 0. The topological polar surface area (TPSA) is 38.5 Å². The zero-order chi connectivity index (χ0) is 8.85. The Morgan fingerprint density at radius 1 is 1.45 bits per heavy atom. The van der Waals surface area contributed by atoms with Gasteiger partial charge in [-0.25, -0.2) is 0 Å². The highest BCUT2D eigenvalue weighted by molar-refractivity contribution is 4.66. The molecule has 0 rings (SSSR count). The molecule has 0 fully saturated rings. The molecule has 0 aromatic heterocycles. The van der Waals surface area contributed by atoms with Gasteiger partial charge in [-0.2, -0.15) is 0 Å². The molecule has 68 valence electrons. The molecule has 2 N–H and O–H groups in total. The number of hydrogen-bond donors (Lipinski definition) is 1. The summed E-state index contributed by atoms with van der Waals surface area (Å²) < 4.78 is 5.13. The van der Waals surface area contributed by atoms with Crippen LogP contribution in [0.3, 0.4) is 0 Å². The van der Waals surface area contributed by atoms with Crippen LogP contribution in [-0.2, 0) is 4.74 Å². The van der Waals surface area contributed by atoms with Gasteiger partial charge in [-0.05, 0) is 20.9 Å². The lowest BCUT2D eigenvalue weighted by Crippen LogP contribution is -2.39. The van der Waals surface area contributed by atoms with Crippen LogP contribution in [0.1, 0.15) is 13.8 Å². The summed E-state index contributed by atoms with van der Waals surface area (Å²) in [6, 6.07) is 0.438. The highest BCUT2D eigenvalue weighted by atomic mass is 16.5. The van der Waals surface area contributed by atoms with Gasteiger partial charge in [0, 0.05) is 26.2 Å². The molecular formula is C8H20N2O. The molecule has 0 aliphatic heterocycles. The molecular weight excluding hydrogens is 140 g/mol. The number of rotatable bonds is 5. The SMILES string of the molecule is COC(C)CN(C)C(C)CN. The van der Waals surface area contributed by atoms with Gasteiger partial charge < -0.3 is 10.5 Å². The van der Waals surface area contributed by atoms with Crippen LogP contribution >= 0.6 is 0 Å². The number of hydrogen-bond acceptors (Lipinski definition) is 3. The molecule has 2 atom stereocenters. The number of nitrogens with two attached hydrogens (primary N) is 1. The number of methoxy groups -OCH3 is 1. The minimum absolute atomic E-state index is 0.286. The molecule has 11 heavy (non-hydrogen) atoms. The lowest BCUT2D eigenvalue weighted by molar-refractivity contribution is 0.0753. The molecule has 0 spiro atoms. The minimum Gasteiger partial charge on any atom is -0.380 e. The molecule has 0 aliphatic rings. The molecule has 3 nitrogen and oxygen atoms in total.